The number of carbonyl (C=O) groups excluding carboxylic acids is 1. The van der Waals surface area contributed by atoms with Crippen LogP contribution in [0.5, 0.6) is 11.5 Å². The average molecular weight is 453 g/mol. The van der Waals surface area contributed by atoms with E-state index in [2.05, 4.69) is 10.0 Å². The van der Waals surface area contributed by atoms with Gasteiger partial charge in [0, 0.05) is 12.5 Å². The Labute approximate surface area is 187 Å². The largest absolute Gasteiger partial charge is 0.490 e. The number of rotatable bonds is 6. The van der Waals surface area contributed by atoms with Crippen LogP contribution < -0.4 is 19.5 Å². The molecule has 0 aliphatic carbocycles. The summed E-state index contributed by atoms with van der Waals surface area (Å²) in [7, 11) is -3.96. The zero-order valence-corrected chi connectivity index (χ0v) is 18.4. The molecule has 4 rings (SSSR count). The molecule has 8 heteroatoms. The molecule has 0 aromatic heterocycles. The molecule has 2 N–H and O–H groups in total. The lowest BCUT2D eigenvalue weighted by Gasteiger charge is -2.17. The predicted octanol–water partition coefficient (Wildman–Crippen LogP) is 4.14. The van der Waals surface area contributed by atoms with Crippen molar-refractivity contribution in [2.45, 2.75) is 24.3 Å². The van der Waals surface area contributed by atoms with Crippen LogP contribution >= 0.6 is 0 Å². The molecular formula is C24H24N2O5S. The summed E-state index contributed by atoms with van der Waals surface area (Å²) in [5.74, 6) is 0.516. The Morgan fingerprint density at radius 1 is 0.906 bits per heavy atom. The van der Waals surface area contributed by atoms with E-state index in [1.165, 1.54) is 12.1 Å². The zero-order chi connectivity index (χ0) is 22.6. The maximum absolute atomic E-state index is 13.1. The third kappa shape index (κ3) is 4.86. The average Bonchev–Trinajstić information content (AvgIpc) is 3.04. The number of para-hydroxylation sites is 1. The molecule has 1 heterocycles. The van der Waals surface area contributed by atoms with Crippen LogP contribution in [0.1, 0.15) is 35.3 Å². The lowest BCUT2D eigenvalue weighted by molar-refractivity contribution is 0.0941. The lowest BCUT2D eigenvalue weighted by atomic mass is 10.1. The van der Waals surface area contributed by atoms with E-state index in [0.717, 1.165) is 12.0 Å². The van der Waals surface area contributed by atoms with Gasteiger partial charge in [0.05, 0.1) is 35.4 Å². The van der Waals surface area contributed by atoms with Crippen LogP contribution in [0.15, 0.2) is 77.7 Å². The number of fused-ring (bicyclic) bond motifs is 1. The molecule has 32 heavy (non-hydrogen) atoms. The summed E-state index contributed by atoms with van der Waals surface area (Å²) in [5.41, 5.74) is 1.37. The number of amides is 1. The van der Waals surface area contributed by atoms with E-state index in [1.54, 1.807) is 30.3 Å². The molecule has 0 radical (unpaired) electrons. The number of sulfonamides is 1. The van der Waals surface area contributed by atoms with E-state index >= 15 is 0 Å². The molecule has 0 saturated carbocycles. The van der Waals surface area contributed by atoms with Crippen LogP contribution in [0.3, 0.4) is 0 Å². The van der Waals surface area contributed by atoms with Crippen molar-refractivity contribution < 1.29 is 22.7 Å². The van der Waals surface area contributed by atoms with Crippen LogP contribution in [0.2, 0.25) is 0 Å². The molecular weight excluding hydrogens is 428 g/mol. The highest BCUT2D eigenvalue weighted by Crippen LogP contribution is 2.32. The van der Waals surface area contributed by atoms with Gasteiger partial charge in [-0.05, 0) is 36.8 Å². The van der Waals surface area contributed by atoms with Gasteiger partial charge in [-0.25, -0.2) is 8.42 Å². The fraction of sp³-hybridized carbons (Fsp3) is 0.208. The fourth-order valence-electron chi connectivity index (χ4n) is 3.38. The highest BCUT2D eigenvalue weighted by Gasteiger charge is 2.22. The normalized spacial score (nSPS) is 14.2. The third-order valence-corrected chi connectivity index (χ3v) is 6.46. The highest BCUT2D eigenvalue weighted by atomic mass is 32.2. The fourth-order valence-corrected chi connectivity index (χ4v) is 4.48. The Balaban J connectivity index is 1.56. The number of ether oxygens (including phenoxy) is 2. The molecule has 1 aliphatic heterocycles. The summed E-state index contributed by atoms with van der Waals surface area (Å²) >= 11 is 0. The van der Waals surface area contributed by atoms with Crippen LogP contribution in [-0.2, 0) is 10.0 Å². The Bertz CT molecular complexity index is 1210. The number of hydrogen-bond acceptors (Lipinski definition) is 5. The molecule has 1 amide bonds. The molecule has 1 aliphatic rings. The lowest BCUT2D eigenvalue weighted by Crippen LogP contribution is -2.28. The Morgan fingerprint density at radius 3 is 2.38 bits per heavy atom. The van der Waals surface area contributed by atoms with Gasteiger partial charge >= 0.3 is 0 Å². The molecule has 0 spiro atoms. The van der Waals surface area contributed by atoms with Crippen molar-refractivity contribution in [3.63, 3.8) is 0 Å². The summed E-state index contributed by atoms with van der Waals surface area (Å²) in [6, 6.07) is 20.3. The first-order valence-corrected chi connectivity index (χ1v) is 11.8. The van der Waals surface area contributed by atoms with Crippen molar-refractivity contribution in [2.24, 2.45) is 0 Å². The van der Waals surface area contributed by atoms with Crippen LogP contribution in [-0.4, -0.2) is 27.5 Å². The van der Waals surface area contributed by atoms with Crippen molar-refractivity contribution in [1.29, 1.82) is 0 Å². The van der Waals surface area contributed by atoms with Crippen molar-refractivity contribution in [3.8, 4) is 11.5 Å². The number of anilines is 1. The van der Waals surface area contributed by atoms with E-state index in [1.807, 2.05) is 37.3 Å². The second-order valence-corrected chi connectivity index (χ2v) is 9.10. The first kappa shape index (κ1) is 21.7. The van der Waals surface area contributed by atoms with Crippen molar-refractivity contribution in [2.75, 3.05) is 17.9 Å². The van der Waals surface area contributed by atoms with E-state index in [4.69, 9.17) is 9.47 Å². The van der Waals surface area contributed by atoms with Crippen molar-refractivity contribution >= 4 is 21.6 Å². The van der Waals surface area contributed by atoms with Gasteiger partial charge in [-0.3, -0.25) is 9.52 Å². The third-order valence-electron chi connectivity index (χ3n) is 5.09. The summed E-state index contributed by atoms with van der Waals surface area (Å²) in [5, 5.41) is 2.92. The molecule has 7 nitrogen and oxygen atoms in total. The Hall–Kier alpha value is -3.52. The quantitative estimate of drug-likeness (QED) is 0.586. The zero-order valence-electron chi connectivity index (χ0n) is 17.6. The number of nitrogens with one attached hydrogen (secondary N) is 2. The number of benzene rings is 3. The SMILES string of the molecule is CC(NC(=O)c1ccccc1NS(=O)(=O)c1ccc2c(c1)OCCCO2)c1ccccc1. The van der Waals surface area contributed by atoms with Gasteiger partial charge in [0.25, 0.3) is 15.9 Å². The van der Waals surface area contributed by atoms with E-state index in [-0.39, 0.29) is 28.1 Å². The molecule has 1 unspecified atom stereocenters. The first-order valence-electron chi connectivity index (χ1n) is 10.3. The van der Waals surface area contributed by atoms with Gasteiger partial charge in [-0.15, -0.1) is 0 Å². The highest BCUT2D eigenvalue weighted by molar-refractivity contribution is 7.92. The van der Waals surface area contributed by atoms with Crippen molar-refractivity contribution in [3.05, 3.63) is 83.9 Å². The standard InChI is InChI=1S/C24H24N2O5S/c1-17(18-8-3-2-4-9-18)25-24(27)20-10-5-6-11-21(20)26-32(28,29)19-12-13-22-23(16-19)31-15-7-14-30-22/h2-6,8-13,16-17,26H,7,14-15H2,1H3,(H,25,27). The van der Waals surface area contributed by atoms with E-state index in [0.29, 0.717) is 24.7 Å². The molecule has 0 saturated heterocycles. The minimum atomic E-state index is -3.96. The smallest absolute Gasteiger partial charge is 0.262 e. The maximum atomic E-state index is 13.1. The summed E-state index contributed by atoms with van der Waals surface area (Å²) in [6.45, 7) is 2.84. The second kappa shape index (κ2) is 9.32. The molecule has 1 atom stereocenters. The number of hydrogen-bond donors (Lipinski definition) is 2. The molecule has 0 fully saturated rings. The van der Waals surface area contributed by atoms with Gasteiger partial charge in [0.15, 0.2) is 11.5 Å². The first-order chi connectivity index (χ1) is 15.4. The van der Waals surface area contributed by atoms with Gasteiger partial charge in [0.1, 0.15) is 0 Å². The van der Waals surface area contributed by atoms with Crippen molar-refractivity contribution in [1.82, 2.24) is 5.32 Å². The molecule has 0 bridgehead atoms. The Kier molecular flexibility index (Phi) is 6.32. The van der Waals surface area contributed by atoms with Gasteiger partial charge in [0.2, 0.25) is 0 Å². The predicted molar refractivity (Wildman–Crippen MR) is 122 cm³/mol. The maximum Gasteiger partial charge on any atom is 0.262 e. The van der Waals surface area contributed by atoms with Gasteiger partial charge in [-0.1, -0.05) is 42.5 Å². The van der Waals surface area contributed by atoms with Crippen LogP contribution in [0, 0.1) is 0 Å². The van der Waals surface area contributed by atoms with Gasteiger partial charge < -0.3 is 14.8 Å². The summed E-state index contributed by atoms with van der Waals surface area (Å²) in [6.07, 6.45) is 0.721. The van der Waals surface area contributed by atoms with Crippen LogP contribution in [0.4, 0.5) is 5.69 Å². The summed E-state index contributed by atoms with van der Waals surface area (Å²) < 4.78 is 39.8. The topological polar surface area (TPSA) is 93.7 Å². The number of carbonyl (C=O) groups is 1. The molecule has 3 aromatic carbocycles. The Morgan fingerprint density at radius 2 is 1.59 bits per heavy atom. The van der Waals surface area contributed by atoms with E-state index < -0.39 is 10.0 Å². The molecule has 166 valence electrons. The van der Waals surface area contributed by atoms with Gasteiger partial charge in [-0.2, -0.15) is 0 Å². The minimum absolute atomic E-state index is 0.0228. The minimum Gasteiger partial charge on any atom is -0.490 e. The summed E-state index contributed by atoms with van der Waals surface area (Å²) in [4.78, 5) is 12.9. The van der Waals surface area contributed by atoms with Crippen LogP contribution in [0.25, 0.3) is 0 Å². The monoisotopic (exact) mass is 452 g/mol. The van der Waals surface area contributed by atoms with E-state index in [9.17, 15) is 13.2 Å². The molecule has 3 aromatic rings. The second-order valence-electron chi connectivity index (χ2n) is 7.42.